The molecule has 0 radical (unpaired) electrons. The molecule has 3 heterocycles. The third kappa shape index (κ3) is 2.01. The summed E-state index contributed by atoms with van der Waals surface area (Å²) in [6.45, 7) is 1.58. The van der Waals surface area contributed by atoms with Crippen LogP contribution in [0.2, 0.25) is 0 Å². The first-order valence-electron chi connectivity index (χ1n) is 7.31. The van der Waals surface area contributed by atoms with Crippen molar-refractivity contribution in [3.63, 3.8) is 0 Å². The zero-order valence-electron chi connectivity index (χ0n) is 12.0. The highest BCUT2D eigenvalue weighted by atomic mass is 16.3. The normalized spacial score (nSPS) is 19.1. The molecule has 1 saturated heterocycles. The smallest absolute Gasteiger partial charge is 0.222 e. The number of nitrogens with zero attached hydrogens (tertiary/aromatic N) is 3. The van der Waals surface area contributed by atoms with Crippen molar-refractivity contribution < 1.29 is 9.52 Å². The SMILES string of the molecule is Nc1nc(N2CCCC(N)C2)c2oc3ccc(O)cc3c2n1. The van der Waals surface area contributed by atoms with E-state index in [0.717, 1.165) is 24.8 Å². The Bertz CT molecular complexity index is 860. The van der Waals surface area contributed by atoms with Gasteiger partial charge in [0.2, 0.25) is 5.95 Å². The van der Waals surface area contributed by atoms with Gasteiger partial charge in [0.15, 0.2) is 11.4 Å². The van der Waals surface area contributed by atoms with E-state index in [0.29, 0.717) is 29.0 Å². The zero-order chi connectivity index (χ0) is 15.3. The van der Waals surface area contributed by atoms with Gasteiger partial charge in [0.1, 0.15) is 16.8 Å². The van der Waals surface area contributed by atoms with Crippen LogP contribution in [0.3, 0.4) is 0 Å². The molecule has 5 N–H and O–H groups in total. The van der Waals surface area contributed by atoms with Crippen molar-refractivity contribution in [1.29, 1.82) is 0 Å². The molecule has 0 bridgehead atoms. The summed E-state index contributed by atoms with van der Waals surface area (Å²) in [5.41, 5.74) is 13.8. The summed E-state index contributed by atoms with van der Waals surface area (Å²) < 4.78 is 5.91. The minimum absolute atomic E-state index is 0.119. The summed E-state index contributed by atoms with van der Waals surface area (Å²) in [6, 6.07) is 5.04. The number of furan rings is 1. The number of phenols is 1. The second kappa shape index (κ2) is 4.74. The van der Waals surface area contributed by atoms with Gasteiger partial charge in [-0.25, -0.2) is 4.98 Å². The Morgan fingerprint density at radius 2 is 2.18 bits per heavy atom. The Morgan fingerprint density at radius 3 is 3.00 bits per heavy atom. The number of benzene rings is 1. The van der Waals surface area contributed by atoms with Crippen LogP contribution in [0.1, 0.15) is 12.8 Å². The molecule has 3 aromatic rings. The van der Waals surface area contributed by atoms with E-state index in [1.165, 1.54) is 0 Å². The minimum atomic E-state index is 0.119. The molecule has 114 valence electrons. The van der Waals surface area contributed by atoms with Crippen LogP contribution < -0.4 is 16.4 Å². The van der Waals surface area contributed by atoms with Gasteiger partial charge in [-0.1, -0.05) is 0 Å². The number of nitrogen functional groups attached to an aromatic ring is 1. The quantitative estimate of drug-likeness (QED) is 0.625. The summed E-state index contributed by atoms with van der Waals surface area (Å²) in [5, 5.41) is 10.4. The Labute approximate surface area is 126 Å². The van der Waals surface area contributed by atoms with Crippen molar-refractivity contribution in [3.8, 4) is 5.75 Å². The average molecular weight is 299 g/mol. The van der Waals surface area contributed by atoms with Crippen LogP contribution in [0, 0.1) is 0 Å². The first-order valence-corrected chi connectivity index (χ1v) is 7.31. The van der Waals surface area contributed by atoms with Gasteiger partial charge in [0, 0.05) is 19.1 Å². The van der Waals surface area contributed by atoms with E-state index in [-0.39, 0.29) is 17.7 Å². The van der Waals surface area contributed by atoms with Crippen molar-refractivity contribution in [2.24, 2.45) is 5.73 Å². The largest absolute Gasteiger partial charge is 0.508 e. The van der Waals surface area contributed by atoms with Crippen LogP contribution in [-0.2, 0) is 0 Å². The fourth-order valence-electron chi connectivity index (χ4n) is 3.05. The van der Waals surface area contributed by atoms with Crippen molar-refractivity contribution >= 4 is 33.8 Å². The standard InChI is InChI=1S/C15H17N5O2/c16-8-2-1-5-20(7-8)14-13-12(18-15(17)19-14)10-6-9(21)3-4-11(10)22-13/h3-4,6,8,21H,1-2,5,7,16H2,(H2,17,18,19). The van der Waals surface area contributed by atoms with Gasteiger partial charge in [-0.3, -0.25) is 0 Å². The summed E-state index contributed by atoms with van der Waals surface area (Å²) in [7, 11) is 0. The lowest BCUT2D eigenvalue weighted by atomic mass is 10.1. The number of fused-ring (bicyclic) bond motifs is 3. The van der Waals surface area contributed by atoms with Gasteiger partial charge < -0.3 is 25.9 Å². The second-order valence-corrected chi connectivity index (χ2v) is 5.71. The van der Waals surface area contributed by atoms with Gasteiger partial charge in [-0.2, -0.15) is 4.98 Å². The van der Waals surface area contributed by atoms with E-state index in [9.17, 15) is 5.11 Å². The predicted molar refractivity (Wildman–Crippen MR) is 84.8 cm³/mol. The average Bonchev–Trinajstić information content (AvgIpc) is 2.84. The van der Waals surface area contributed by atoms with E-state index in [2.05, 4.69) is 14.9 Å². The molecular formula is C15H17N5O2. The van der Waals surface area contributed by atoms with Crippen LogP contribution in [0.5, 0.6) is 5.75 Å². The van der Waals surface area contributed by atoms with Gasteiger partial charge in [-0.15, -0.1) is 0 Å². The van der Waals surface area contributed by atoms with Gasteiger partial charge in [0.05, 0.1) is 5.39 Å². The summed E-state index contributed by atoms with van der Waals surface area (Å²) in [6.07, 6.45) is 2.02. The molecule has 2 aromatic heterocycles. The molecule has 1 atom stereocenters. The van der Waals surface area contributed by atoms with E-state index < -0.39 is 0 Å². The number of hydrogen-bond acceptors (Lipinski definition) is 7. The Balaban J connectivity index is 1.96. The van der Waals surface area contributed by atoms with E-state index >= 15 is 0 Å². The number of phenolic OH excluding ortho intramolecular Hbond substituents is 1. The van der Waals surface area contributed by atoms with Crippen LogP contribution in [-0.4, -0.2) is 34.2 Å². The fourth-order valence-corrected chi connectivity index (χ4v) is 3.05. The number of hydrogen-bond donors (Lipinski definition) is 3. The predicted octanol–water partition coefficient (Wildman–Crippen LogP) is 1.59. The fraction of sp³-hybridized carbons (Fsp3) is 0.333. The highest BCUT2D eigenvalue weighted by Crippen LogP contribution is 2.35. The van der Waals surface area contributed by atoms with Crippen molar-refractivity contribution in [3.05, 3.63) is 18.2 Å². The number of aromatic hydroxyl groups is 1. The molecule has 7 heteroatoms. The Morgan fingerprint density at radius 1 is 1.32 bits per heavy atom. The maximum Gasteiger partial charge on any atom is 0.222 e. The number of nitrogens with two attached hydrogens (primary N) is 2. The molecule has 0 aliphatic carbocycles. The molecular weight excluding hydrogens is 282 g/mol. The lowest BCUT2D eigenvalue weighted by molar-refractivity contribution is 0.476. The van der Waals surface area contributed by atoms with Gasteiger partial charge >= 0.3 is 0 Å². The van der Waals surface area contributed by atoms with Crippen LogP contribution in [0.15, 0.2) is 22.6 Å². The molecule has 1 aliphatic rings. The van der Waals surface area contributed by atoms with Crippen molar-refractivity contribution in [2.75, 3.05) is 23.7 Å². The molecule has 0 spiro atoms. The third-order valence-electron chi connectivity index (χ3n) is 4.05. The van der Waals surface area contributed by atoms with E-state index in [1.807, 2.05) is 0 Å². The lowest BCUT2D eigenvalue weighted by Gasteiger charge is -2.31. The summed E-state index contributed by atoms with van der Waals surface area (Å²) >= 11 is 0. The number of anilines is 2. The molecule has 1 unspecified atom stereocenters. The van der Waals surface area contributed by atoms with Crippen LogP contribution >= 0.6 is 0 Å². The molecule has 0 saturated carbocycles. The second-order valence-electron chi connectivity index (χ2n) is 5.71. The topological polar surface area (TPSA) is 114 Å². The molecule has 1 fully saturated rings. The van der Waals surface area contributed by atoms with Gasteiger partial charge in [0.25, 0.3) is 0 Å². The first-order chi connectivity index (χ1) is 10.6. The maximum atomic E-state index is 9.69. The minimum Gasteiger partial charge on any atom is -0.508 e. The van der Waals surface area contributed by atoms with Crippen molar-refractivity contribution in [2.45, 2.75) is 18.9 Å². The van der Waals surface area contributed by atoms with E-state index in [1.54, 1.807) is 18.2 Å². The number of aromatic nitrogens is 2. The number of piperidine rings is 1. The maximum absolute atomic E-state index is 9.69. The van der Waals surface area contributed by atoms with E-state index in [4.69, 9.17) is 15.9 Å². The van der Waals surface area contributed by atoms with Crippen LogP contribution in [0.25, 0.3) is 22.1 Å². The lowest BCUT2D eigenvalue weighted by Crippen LogP contribution is -2.43. The molecule has 22 heavy (non-hydrogen) atoms. The zero-order valence-corrected chi connectivity index (χ0v) is 12.0. The van der Waals surface area contributed by atoms with Crippen molar-refractivity contribution in [1.82, 2.24) is 9.97 Å². The third-order valence-corrected chi connectivity index (χ3v) is 4.05. The molecule has 0 amide bonds. The summed E-state index contributed by atoms with van der Waals surface area (Å²) in [4.78, 5) is 10.7. The summed E-state index contributed by atoms with van der Waals surface area (Å²) in [5.74, 6) is 1.02. The van der Waals surface area contributed by atoms with Crippen LogP contribution in [0.4, 0.5) is 11.8 Å². The first kappa shape index (κ1) is 13.1. The highest BCUT2D eigenvalue weighted by molar-refractivity contribution is 6.06. The number of rotatable bonds is 1. The highest BCUT2D eigenvalue weighted by Gasteiger charge is 2.23. The Kier molecular flexibility index (Phi) is 2.83. The molecule has 1 aromatic carbocycles. The van der Waals surface area contributed by atoms with Gasteiger partial charge in [-0.05, 0) is 31.0 Å². The molecule has 4 rings (SSSR count). The Hall–Kier alpha value is -2.54. The molecule has 7 nitrogen and oxygen atoms in total. The molecule has 1 aliphatic heterocycles. The monoisotopic (exact) mass is 299 g/mol.